The van der Waals surface area contributed by atoms with Crippen LogP contribution in [0.25, 0.3) is 0 Å². The summed E-state index contributed by atoms with van der Waals surface area (Å²) >= 11 is 1.72. The van der Waals surface area contributed by atoms with Gasteiger partial charge in [-0.1, -0.05) is 13.3 Å². The maximum atomic E-state index is 11.8. The van der Waals surface area contributed by atoms with Crippen molar-refractivity contribution >= 4 is 17.7 Å². The van der Waals surface area contributed by atoms with Crippen LogP contribution in [-0.4, -0.2) is 41.9 Å². The number of nitrogens with two attached hydrogens (primary N) is 1. The average molecular weight is 230 g/mol. The second-order valence-electron chi connectivity index (χ2n) is 4.25. The van der Waals surface area contributed by atoms with Gasteiger partial charge in [-0.2, -0.15) is 11.8 Å². The van der Waals surface area contributed by atoms with Crippen molar-refractivity contribution < 1.29 is 4.79 Å². The highest BCUT2D eigenvalue weighted by atomic mass is 32.2. The van der Waals surface area contributed by atoms with Crippen LogP contribution in [0.3, 0.4) is 0 Å². The van der Waals surface area contributed by atoms with Gasteiger partial charge in [0.1, 0.15) is 0 Å². The second-order valence-corrected chi connectivity index (χ2v) is 5.24. The van der Waals surface area contributed by atoms with E-state index in [1.54, 1.807) is 11.8 Å². The minimum Gasteiger partial charge on any atom is -0.341 e. The Hall–Kier alpha value is -0.220. The number of thioether (sulfide) groups is 1. The molecule has 1 rings (SSSR count). The van der Waals surface area contributed by atoms with E-state index in [0.29, 0.717) is 12.3 Å². The van der Waals surface area contributed by atoms with E-state index >= 15 is 0 Å². The van der Waals surface area contributed by atoms with Gasteiger partial charge in [0.2, 0.25) is 5.91 Å². The maximum Gasteiger partial charge on any atom is 0.223 e. The minimum absolute atomic E-state index is 0.197. The van der Waals surface area contributed by atoms with Crippen LogP contribution in [0.2, 0.25) is 0 Å². The van der Waals surface area contributed by atoms with E-state index in [0.717, 1.165) is 31.7 Å². The van der Waals surface area contributed by atoms with Crippen LogP contribution in [-0.2, 0) is 4.79 Å². The number of amides is 1. The third-order valence-corrected chi connectivity index (χ3v) is 3.64. The van der Waals surface area contributed by atoms with Crippen LogP contribution < -0.4 is 5.73 Å². The van der Waals surface area contributed by atoms with E-state index in [9.17, 15) is 4.79 Å². The molecule has 0 bridgehead atoms. The maximum absolute atomic E-state index is 11.8. The fourth-order valence-corrected chi connectivity index (χ4v) is 2.50. The summed E-state index contributed by atoms with van der Waals surface area (Å²) in [6, 6.07) is 0.197. The molecule has 1 aliphatic heterocycles. The Balaban J connectivity index is 2.36. The molecule has 1 heterocycles. The molecule has 1 amide bonds. The first kappa shape index (κ1) is 12.8. The van der Waals surface area contributed by atoms with E-state index in [1.165, 1.54) is 0 Å². The van der Waals surface area contributed by atoms with Gasteiger partial charge in [0.25, 0.3) is 0 Å². The normalized spacial score (nSPS) is 25.9. The topological polar surface area (TPSA) is 46.3 Å². The highest BCUT2D eigenvalue weighted by Gasteiger charge is 2.31. The van der Waals surface area contributed by atoms with Gasteiger partial charge in [-0.15, -0.1) is 0 Å². The molecule has 1 saturated heterocycles. The molecule has 0 aromatic heterocycles. The zero-order chi connectivity index (χ0) is 11.3. The molecule has 2 N–H and O–H groups in total. The third-order valence-electron chi connectivity index (χ3n) is 3.02. The monoisotopic (exact) mass is 230 g/mol. The predicted octanol–water partition coefficient (Wildman–Crippen LogP) is 1.33. The number of likely N-dealkylation sites (tertiary alicyclic amines) is 1. The molecule has 3 nitrogen and oxygen atoms in total. The zero-order valence-corrected chi connectivity index (χ0v) is 10.6. The van der Waals surface area contributed by atoms with Crippen LogP contribution in [0.15, 0.2) is 0 Å². The Bertz CT molecular complexity index is 211. The average Bonchev–Trinajstić information content (AvgIpc) is 2.58. The summed E-state index contributed by atoms with van der Waals surface area (Å²) in [6.07, 6.45) is 4.99. The number of rotatable bonds is 5. The number of hydrogen-bond acceptors (Lipinski definition) is 3. The van der Waals surface area contributed by atoms with Crippen molar-refractivity contribution in [2.75, 3.05) is 25.1 Å². The molecule has 0 radical (unpaired) electrons. The highest BCUT2D eigenvalue weighted by molar-refractivity contribution is 7.98. The van der Waals surface area contributed by atoms with Crippen molar-refractivity contribution in [3.8, 4) is 0 Å². The smallest absolute Gasteiger partial charge is 0.223 e. The molecule has 1 fully saturated rings. The van der Waals surface area contributed by atoms with Crippen molar-refractivity contribution in [3.05, 3.63) is 0 Å². The summed E-state index contributed by atoms with van der Waals surface area (Å²) in [4.78, 5) is 13.7. The van der Waals surface area contributed by atoms with Crippen LogP contribution in [0.5, 0.6) is 0 Å². The summed E-state index contributed by atoms with van der Waals surface area (Å²) in [5, 5.41) is 0. The Labute approximate surface area is 96.8 Å². The summed E-state index contributed by atoms with van der Waals surface area (Å²) in [7, 11) is 0. The summed E-state index contributed by atoms with van der Waals surface area (Å²) in [6.45, 7) is 3.81. The Kier molecular flexibility index (Phi) is 5.47. The lowest BCUT2D eigenvalue weighted by Crippen LogP contribution is -2.32. The molecule has 15 heavy (non-hydrogen) atoms. The van der Waals surface area contributed by atoms with Crippen molar-refractivity contribution in [1.82, 2.24) is 4.90 Å². The van der Waals surface area contributed by atoms with E-state index in [2.05, 4.69) is 6.92 Å². The predicted molar refractivity (Wildman–Crippen MR) is 66.0 cm³/mol. The molecular weight excluding hydrogens is 208 g/mol. The fourth-order valence-electron chi connectivity index (χ4n) is 2.12. The first-order chi connectivity index (χ1) is 7.19. The Morgan fingerprint density at radius 3 is 2.87 bits per heavy atom. The standard InChI is InChI=1S/C11H22N2OS/c1-3-4-9-7-13(8-10(9)12)11(14)5-6-15-2/h9-10H,3-8,12H2,1-2H3/t9-,10-/m0/s1. The van der Waals surface area contributed by atoms with E-state index in [1.807, 2.05) is 11.2 Å². The first-order valence-corrected chi connectivity index (χ1v) is 7.10. The highest BCUT2D eigenvalue weighted by Crippen LogP contribution is 2.20. The van der Waals surface area contributed by atoms with E-state index in [-0.39, 0.29) is 11.9 Å². The summed E-state index contributed by atoms with van der Waals surface area (Å²) < 4.78 is 0. The molecule has 0 spiro atoms. The van der Waals surface area contributed by atoms with Gasteiger partial charge in [-0.25, -0.2) is 0 Å². The molecule has 88 valence electrons. The Morgan fingerprint density at radius 2 is 2.27 bits per heavy atom. The summed E-state index contributed by atoms with van der Waals surface area (Å²) in [5.41, 5.74) is 6.02. The van der Waals surface area contributed by atoms with Gasteiger partial charge in [-0.3, -0.25) is 4.79 Å². The number of carbonyl (C=O) groups is 1. The SMILES string of the molecule is CCC[C@H]1CN(C(=O)CCSC)C[C@@H]1N. The summed E-state index contributed by atoms with van der Waals surface area (Å²) in [5.74, 6) is 1.72. The van der Waals surface area contributed by atoms with Crippen LogP contribution >= 0.6 is 11.8 Å². The quantitative estimate of drug-likeness (QED) is 0.775. The molecule has 0 aromatic rings. The van der Waals surface area contributed by atoms with Crippen LogP contribution in [0, 0.1) is 5.92 Å². The number of hydrogen-bond donors (Lipinski definition) is 1. The Morgan fingerprint density at radius 1 is 1.53 bits per heavy atom. The minimum atomic E-state index is 0.197. The van der Waals surface area contributed by atoms with E-state index < -0.39 is 0 Å². The van der Waals surface area contributed by atoms with Crippen molar-refractivity contribution in [1.29, 1.82) is 0 Å². The first-order valence-electron chi connectivity index (χ1n) is 5.71. The van der Waals surface area contributed by atoms with Crippen molar-refractivity contribution in [2.45, 2.75) is 32.2 Å². The lowest BCUT2D eigenvalue weighted by atomic mass is 9.99. The molecular formula is C11H22N2OS. The van der Waals surface area contributed by atoms with Gasteiger partial charge in [0.05, 0.1) is 0 Å². The van der Waals surface area contributed by atoms with Crippen molar-refractivity contribution in [3.63, 3.8) is 0 Å². The third kappa shape index (κ3) is 3.68. The lowest BCUT2D eigenvalue weighted by Gasteiger charge is -2.15. The van der Waals surface area contributed by atoms with Gasteiger partial charge < -0.3 is 10.6 Å². The van der Waals surface area contributed by atoms with Gasteiger partial charge in [0, 0.05) is 31.3 Å². The molecule has 0 aliphatic carbocycles. The van der Waals surface area contributed by atoms with Crippen LogP contribution in [0.4, 0.5) is 0 Å². The molecule has 2 atom stereocenters. The lowest BCUT2D eigenvalue weighted by molar-refractivity contribution is -0.129. The van der Waals surface area contributed by atoms with Crippen molar-refractivity contribution in [2.24, 2.45) is 11.7 Å². The van der Waals surface area contributed by atoms with Gasteiger partial charge in [0.15, 0.2) is 0 Å². The molecule has 0 unspecified atom stereocenters. The second kappa shape index (κ2) is 6.38. The van der Waals surface area contributed by atoms with E-state index in [4.69, 9.17) is 5.73 Å². The molecule has 1 aliphatic rings. The molecule has 0 aromatic carbocycles. The van der Waals surface area contributed by atoms with Gasteiger partial charge in [-0.05, 0) is 18.6 Å². The molecule has 0 saturated carbocycles. The number of nitrogens with zero attached hydrogens (tertiary/aromatic N) is 1. The van der Waals surface area contributed by atoms with Gasteiger partial charge >= 0.3 is 0 Å². The zero-order valence-electron chi connectivity index (χ0n) is 9.74. The largest absolute Gasteiger partial charge is 0.341 e. The van der Waals surface area contributed by atoms with Crippen LogP contribution in [0.1, 0.15) is 26.2 Å². The number of carbonyl (C=O) groups excluding carboxylic acids is 1. The molecule has 4 heteroatoms. The fraction of sp³-hybridized carbons (Fsp3) is 0.909.